The van der Waals surface area contributed by atoms with Gasteiger partial charge in [0, 0.05) is 11.6 Å². The molecule has 0 saturated carbocycles. The minimum absolute atomic E-state index is 0.326. The van der Waals surface area contributed by atoms with Gasteiger partial charge >= 0.3 is 5.97 Å². The molecule has 58 valence electrons. The third kappa shape index (κ3) is 0.492. The van der Waals surface area contributed by atoms with Gasteiger partial charge in [-0.25, -0.2) is 9.78 Å². The summed E-state index contributed by atoms with van der Waals surface area (Å²) < 4.78 is 0. The zero-order chi connectivity index (χ0) is 8.29. The summed E-state index contributed by atoms with van der Waals surface area (Å²) in [5.74, 6) is -0.897. The number of nitrogens with zero attached hydrogens (tertiary/aromatic N) is 1. The van der Waals surface area contributed by atoms with Crippen molar-refractivity contribution in [3.05, 3.63) is 17.8 Å². The number of hydrogen-bond donors (Lipinski definition) is 2. The number of nitrogens with one attached hydrogen (secondary N) is 1. The predicted octanol–water partition coefficient (Wildman–Crippen LogP) is 1.24. The third-order valence-corrected chi connectivity index (χ3v) is 2.09. The molecule has 4 heteroatoms. The van der Waals surface area contributed by atoms with Gasteiger partial charge in [-0.2, -0.15) is 0 Å². The van der Waals surface area contributed by atoms with Crippen LogP contribution >= 0.6 is 0 Å². The fourth-order valence-corrected chi connectivity index (χ4v) is 1.47. The lowest BCUT2D eigenvalue weighted by atomic mass is 10.2. The molecule has 0 unspecified atom stereocenters. The zero-order valence-corrected chi connectivity index (χ0v) is 5.96. The maximum Gasteiger partial charge on any atom is 0.337 e. The largest absolute Gasteiger partial charge is 0.478 e. The summed E-state index contributed by atoms with van der Waals surface area (Å²) in [5, 5.41) is 9.52. The van der Waals surface area contributed by atoms with Gasteiger partial charge < -0.3 is 10.1 Å². The Morgan fingerprint density at radius 3 is 3.17 bits per heavy atom. The number of rotatable bonds is 1. The van der Waals surface area contributed by atoms with Crippen molar-refractivity contribution < 1.29 is 9.90 Å². The van der Waals surface area contributed by atoms with Crippen LogP contribution in [0.1, 0.15) is 10.4 Å². The van der Waals surface area contributed by atoms with Crippen LogP contribution in [0, 0.1) is 0 Å². The van der Waals surface area contributed by atoms with E-state index < -0.39 is 5.97 Å². The fraction of sp³-hybridized carbons (Fsp3) is 0. The molecule has 1 aliphatic carbocycles. The van der Waals surface area contributed by atoms with Crippen molar-refractivity contribution in [2.24, 2.45) is 0 Å². The van der Waals surface area contributed by atoms with Crippen LogP contribution < -0.4 is 0 Å². The summed E-state index contributed by atoms with van der Waals surface area (Å²) in [4.78, 5) is 17.6. The van der Waals surface area contributed by atoms with E-state index in [0.29, 0.717) is 5.56 Å². The van der Waals surface area contributed by atoms with Crippen molar-refractivity contribution in [3.63, 3.8) is 0 Å². The van der Waals surface area contributed by atoms with E-state index in [-0.39, 0.29) is 0 Å². The Kier molecular flexibility index (Phi) is 0.721. The number of carbonyl (C=O) groups is 1. The average Bonchev–Trinajstić information content (AvgIpc) is 2.54. The van der Waals surface area contributed by atoms with Gasteiger partial charge in [-0.3, -0.25) is 0 Å². The SMILES string of the molecule is O=C(O)c1c[nH]c2c3nc-3cc12. The molecule has 3 rings (SSSR count). The summed E-state index contributed by atoms with van der Waals surface area (Å²) in [6, 6.07) is 1.80. The molecule has 0 atom stereocenters. The Labute approximate surface area is 66.9 Å². The molecule has 0 amide bonds. The summed E-state index contributed by atoms with van der Waals surface area (Å²) >= 11 is 0. The first kappa shape index (κ1) is 5.77. The van der Waals surface area contributed by atoms with E-state index in [1.165, 1.54) is 6.20 Å². The van der Waals surface area contributed by atoms with Crippen molar-refractivity contribution in [2.75, 3.05) is 0 Å². The van der Waals surface area contributed by atoms with E-state index in [2.05, 4.69) is 9.97 Å². The van der Waals surface area contributed by atoms with E-state index in [1.807, 2.05) is 0 Å². The van der Waals surface area contributed by atoms with Crippen molar-refractivity contribution in [2.45, 2.75) is 0 Å². The summed E-state index contributed by atoms with van der Waals surface area (Å²) in [6.07, 6.45) is 1.50. The molecule has 2 aliphatic rings. The molecule has 1 aromatic heterocycles. The topological polar surface area (TPSA) is 66.0 Å². The van der Waals surface area contributed by atoms with E-state index in [9.17, 15) is 4.79 Å². The number of pyridine rings is 1. The Bertz CT molecular complexity index is 513. The molecule has 12 heavy (non-hydrogen) atoms. The van der Waals surface area contributed by atoms with Crippen LogP contribution in [-0.4, -0.2) is 21.0 Å². The standard InChI is InChI=1S/C8H4N2O2/c11-8(12)4-2-9-6-3(4)1-5-7(6)10-5/h1-2,9H,(H,11,12). The summed E-state index contributed by atoms with van der Waals surface area (Å²) in [5.41, 5.74) is 3.01. The first-order valence-electron chi connectivity index (χ1n) is 3.53. The van der Waals surface area contributed by atoms with Gasteiger partial charge in [0.2, 0.25) is 0 Å². The van der Waals surface area contributed by atoms with Gasteiger partial charge in [-0.1, -0.05) is 0 Å². The number of fused-ring (bicyclic) bond motifs is 3. The summed E-state index contributed by atoms with van der Waals surface area (Å²) in [7, 11) is 0. The van der Waals surface area contributed by atoms with Gasteiger partial charge in [0.25, 0.3) is 0 Å². The predicted molar refractivity (Wildman–Crippen MR) is 42.0 cm³/mol. The Morgan fingerprint density at radius 2 is 2.42 bits per heavy atom. The van der Waals surface area contributed by atoms with Gasteiger partial charge in [0.1, 0.15) is 5.69 Å². The van der Waals surface area contributed by atoms with Crippen molar-refractivity contribution in [1.29, 1.82) is 0 Å². The highest BCUT2D eigenvalue weighted by Gasteiger charge is 2.25. The molecule has 0 saturated heterocycles. The highest BCUT2D eigenvalue weighted by atomic mass is 16.4. The number of H-pyrrole nitrogens is 1. The first-order valence-corrected chi connectivity index (χ1v) is 3.53. The van der Waals surface area contributed by atoms with Crippen molar-refractivity contribution in [3.8, 4) is 11.4 Å². The van der Waals surface area contributed by atoms with Crippen LogP contribution in [0.4, 0.5) is 0 Å². The lowest BCUT2D eigenvalue weighted by molar-refractivity contribution is 0.0699. The Balaban J connectivity index is 2.43. The first-order chi connectivity index (χ1) is 5.77. The third-order valence-electron chi connectivity index (χ3n) is 2.09. The molecule has 0 radical (unpaired) electrons. The molecule has 1 aliphatic heterocycles. The molecule has 2 N–H and O–H groups in total. The molecular formula is C8H4N2O2. The van der Waals surface area contributed by atoms with Gasteiger partial charge in [-0.15, -0.1) is 0 Å². The monoisotopic (exact) mass is 160 g/mol. The maximum atomic E-state index is 10.7. The summed E-state index contributed by atoms with van der Waals surface area (Å²) in [6.45, 7) is 0. The molecule has 0 fully saturated rings. The highest BCUT2D eigenvalue weighted by molar-refractivity contribution is 6.11. The zero-order valence-electron chi connectivity index (χ0n) is 5.96. The van der Waals surface area contributed by atoms with Crippen LogP contribution in [0.15, 0.2) is 12.3 Å². The van der Waals surface area contributed by atoms with Crippen LogP contribution in [-0.2, 0) is 0 Å². The minimum Gasteiger partial charge on any atom is -0.478 e. The Morgan fingerprint density at radius 1 is 1.58 bits per heavy atom. The van der Waals surface area contributed by atoms with Crippen LogP contribution in [0.2, 0.25) is 0 Å². The van der Waals surface area contributed by atoms with E-state index in [1.54, 1.807) is 6.07 Å². The second-order valence-corrected chi connectivity index (χ2v) is 2.79. The molecule has 0 aromatic carbocycles. The van der Waals surface area contributed by atoms with E-state index >= 15 is 0 Å². The minimum atomic E-state index is -0.897. The van der Waals surface area contributed by atoms with Crippen LogP contribution in [0.5, 0.6) is 0 Å². The van der Waals surface area contributed by atoms with Crippen LogP contribution in [0.3, 0.4) is 0 Å². The van der Waals surface area contributed by atoms with Gasteiger partial charge in [0.05, 0.1) is 16.8 Å². The van der Waals surface area contributed by atoms with Gasteiger partial charge in [0.15, 0.2) is 0 Å². The molecule has 2 heterocycles. The lowest BCUT2D eigenvalue weighted by Gasteiger charge is -1.84. The number of aromatic carboxylic acids is 1. The van der Waals surface area contributed by atoms with E-state index in [0.717, 1.165) is 22.3 Å². The van der Waals surface area contributed by atoms with Crippen molar-refractivity contribution >= 4 is 16.9 Å². The number of carboxylic acids is 1. The van der Waals surface area contributed by atoms with Crippen molar-refractivity contribution in [1.82, 2.24) is 9.97 Å². The van der Waals surface area contributed by atoms with E-state index in [4.69, 9.17) is 5.11 Å². The highest BCUT2D eigenvalue weighted by Crippen LogP contribution is 2.38. The second kappa shape index (κ2) is 1.50. The molecule has 4 nitrogen and oxygen atoms in total. The molecular weight excluding hydrogens is 156 g/mol. The van der Waals surface area contributed by atoms with Crippen LogP contribution in [0.25, 0.3) is 22.3 Å². The molecule has 0 spiro atoms. The quantitative estimate of drug-likeness (QED) is 0.562. The Hall–Kier alpha value is -1.84. The van der Waals surface area contributed by atoms with Gasteiger partial charge in [-0.05, 0) is 6.07 Å². The maximum absolute atomic E-state index is 10.7. The smallest absolute Gasteiger partial charge is 0.337 e. The normalized spacial score (nSPS) is 12.0. The number of carboxylic acid groups (broad SMARTS) is 1. The molecule has 0 bridgehead atoms. The fourth-order valence-electron chi connectivity index (χ4n) is 1.47. The second-order valence-electron chi connectivity index (χ2n) is 2.79. The number of aromatic amines is 1. The number of hydrogen-bond acceptors (Lipinski definition) is 2. The lowest BCUT2D eigenvalue weighted by Crippen LogP contribution is -1.92. The number of aromatic nitrogens is 2. The average molecular weight is 160 g/mol. The molecule has 1 aromatic rings.